The number of hydrogen-bond acceptors (Lipinski definition) is 4. The van der Waals surface area contributed by atoms with Crippen molar-refractivity contribution in [3.63, 3.8) is 0 Å². The maximum absolute atomic E-state index is 11.0. The quantitative estimate of drug-likeness (QED) is 0.470. The van der Waals surface area contributed by atoms with Crippen molar-refractivity contribution in [2.24, 2.45) is 5.92 Å². The molecule has 1 rings (SSSR count). The topological polar surface area (TPSA) is 98.1 Å². The van der Waals surface area contributed by atoms with Crippen LogP contribution in [0.15, 0.2) is 0 Å². The van der Waals surface area contributed by atoms with Crippen molar-refractivity contribution in [3.05, 3.63) is 0 Å². The van der Waals surface area contributed by atoms with Crippen LogP contribution >= 0.6 is 0 Å². The van der Waals surface area contributed by atoms with E-state index in [0.29, 0.717) is 0 Å². The number of aliphatic hydroxyl groups is 2. The summed E-state index contributed by atoms with van der Waals surface area (Å²) in [5.41, 5.74) is 0. The molecule has 6 nitrogen and oxygen atoms in total. The van der Waals surface area contributed by atoms with Crippen LogP contribution in [0.4, 0.5) is 0 Å². The highest BCUT2D eigenvalue weighted by Gasteiger charge is 2.39. The number of nitrogens with zero attached hydrogens (tertiary/aromatic N) is 1. The van der Waals surface area contributed by atoms with E-state index in [1.54, 1.807) is 0 Å². The molecule has 0 radical (unpaired) electrons. The first-order valence-electron chi connectivity index (χ1n) is 4.28. The Kier molecular flexibility index (Phi) is 3.07. The lowest BCUT2D eigenvalue weighted by atomic mass is 9.92. The number of carboxylic acid groups (broad SMARTS) is 1. The summed E-state index contributed by atoms with van der Waals surface area (Å²) in [5.74, 6) is -2.62. The predicted octanol–water partition coefficient (Wildman–Crippen LogP) is -1.73. The average molecular weight is 203 g/mol. The van der Waals surface area contributed by atoms with E-state index in [0.717, 1.165) is 0 Å². The molecule has 3 unspecified atom stereocenters. The van der Waals surface area contributed by atoms with Crippen LogP contribution in [0.1, 0.15) is 6.92 Å². The molecule has 1 amide bonds. The van der Waals surface area contributed by atoms with E-state index < -0.39 is 24.1 Å². The van der Waals surface area contributed by atoms with Crippen LogP contribution in [0, 0.1) is 5.92 Å². The van der Waals surface area contributed by atoms with E-state index >= 15 is 0 Å². The summed E-state index contributed by atoms with van der Waals surface area (Å²) in [5, 5.41) is 27.4. The molecule has 1 aliphatic heterocycles. The summed E-state index contributed by atoms with van der Waals surface area (Å²) in [6.07, 6.45) is -2.49. The third-order valence-electron chi connectivity index (χ3n) is 2.39. The van der Waals surface area contributed by atoms with Gasteiger partial charge >= 0.3 is 5.97 Å². The highest BCUT2D eigenvalue weighted by Crippen LogP contribution is 2.18. The van der Waals surface area contributed by atoms with Gasteiger partial charge in [0.1, 0.15) is 5.92 Å². The molecule has 3 N–H and O–H groups in total. The van der Waals surface area contributed by atoms with Crippen LogP contribution < -0.4 is 0 Å². The fourth-order valence-corrected chi connectivity index (χ4v) is 1.50. The number of aliphatic carboxylic acids is 1. The maximum Gasteiger partial charge on any atom is 0.311 e. The van der Waals surface area contributed by atoms with Crippen LogP contribution in [-0.4, -0.2) is 57.4 Å². The SMILES string of the molecule is CC(=O)N1CC(O)C(O)C(C(=O)O)C1. The molecule has 0 spiro atoms. The zero-order valence-electron chi connectivity index (χ0n) is 7.75. The van der Waals surface area contributed by atoms with Crippen molar-refractivity contribution < 1.29 is 24.9 Å². The van der Waals surface area contributed by atoms with E-state index in [2.05, 4.69) is 0 Å². The van der Waals surface area contributed by atoms with Gasteiger partial charge in [-0.3, -0.25) is 9.59 Å². The molecule has 3 atom stereocenters. The molecule has 6 heteroatoms. The van der Waals surface area contributed by atoms with Crippen molar-refractivity contribution in [1.82, 2.24) is 4.90 Å². The van der Waals surface area contributed by atoms with Crippen molar-refractivity contribution in [1.29, 1.82) is 0 Å². The Labute approximate surface area is 80.8 Å². The molecule has 0 saturated carbocycles. The lowest BCUT2D eigenvalue weighted by Crippen LogP contribution is -2.55. The average Bonchev–Trinajstić information content (AvgIpc) is 2.08. The zero-order valence-corrected chi connectivity index (χ0v) is 7.75. The largest absolute Gasteiger partial charge is 0.481 e. The summed E-state index contributed by atoms with van der Waals surface area (Å²) < 4.78 is 0. The second-order valence-corrected chi connectivity index (χ2v) is 3.43. The third-order valence-corrected chi connectivity index (χ3v) is 2.39. The zero-order chi connectivity index (χ0) is 10.9. The first-order chi connectivity index (χ1) is 6.43. The molecule has 0 aromatic heterocycles. The van der Waals surface area contributed by atoms with Crippen LogP contribution in [-0.2, 0) is 9.59 Å². The number of β-amino-alcohol motifs (C(OH)–C–C–N with tert-alkyl or cyclic N) is 1. The van der Waals surface area contributed by atoms with Gasteiger partial charge in [0.2, 0.25) is 5.91 Å². The monoisotopic (exact) mass is 203 g/mol. The molecule has 1 saturated heterocycles. The van der Waals surface area contributed by atoms with Gasteiger partial charge in [-0.15, -0.1) is 0 Å². The van der Waals surface area contributed by atoms with Crippen LogP contribution in [0.5, 0.6) is 0 Å². The Morgan fingerprint density at radius 1 is 1.29 bits per heavy atom. The molecule has 0 aromatic rings. The summed E-state index contributed by atoms with van der Waals surface area (Å²) in [7, 11) is 0. The summed E-state index contributed by atoms with van der Waals surface area (Å²) in [6.45, 7) is 1.23. The molecule has 1 aliphatic rings. The second-order valence-electron chi connectivity index (χ2n) is 3.43. The number of rotatable bonds is 1. The van der Waals surface area contributed by atoms with Gasteiger partial charge in [-0.25, -0.2) is 0 Å². The summed E-state index contributed by atoms with van der Waals surface area (Å²) in [4.78, 5) is 22.8. The fraction of sp³-hybridized carbons (Fsp3) is 0.750. The van der Waals surface area contributed by atoms with Gasteiger partial charge < -0.3 is 20.2 Å². The first kappa shape index (κ1) is 10.9. The Morgan fingerprint density at radius 2 is 1.86 bits per heavy atom. The van der Waals surface area contributed by atoms with Gasteiger partial charge in [0.15, 0.2) is 0 Å². The predicted molar refractivity (Wildman–Crippen MR) is 45.4 cm³/mol. The Balaban J connectivity index is 2.76. The number of likely N-dealkylation sites (tertiary alicyclic amines) is 1. The van der Waals surface area contributed by atoms with Gasteiger partial charge in [-0.05, 0) is 0 Å². The Morgan fingerprint density at radius 3 is 2.29 bits per heavy atom. The first-order valence-corrected chi connectivity index (χ1v) is 4.28. The lowest BCUT2D eigenvalue weighted by molar-refractivity contribution is -0.159. The fourth-order valence-electron chi connectivity index (χ4n) is 1.50. The van der Waals surface area contributed by atoms with Crippen LogP contribution in [0.2, 0.25) is 0 Å². The number of amides is 1. The number of carboxylic acids is 1. The molecular weight excluding hydrogens is 190 g/mol. The molecular formula is C8H13NO5. The normalized spacial score (nSPS) is 32.8. The minimum Gasteiger partial charge on any atom is -0.481 e. The van der Waals surface area contributed by atoms with Gasteiger partial charge in [0, 0.05) is 20.0 Å². The Bertz CT molecular complexity index is 254. The van der Waals surface area contributed by atoms with Crippen molar-refractivity contribution in [2.45, 2.75) is 19.1 Å². The smallest absolute Gasteiger partial charge is 0.311 e. The Hall–Kier alpha value is -1.14. The molecule has 14 heavy (non-hydrogen) atoms. The van der Waals surface area contributed by atoms with E-state index in [4.69, 9.17) is 5.11 Å². The second kappa shape index (κ2) is 3.93. The molecule has 0 bridgehead atoms. The van der Waals surface area contributed by atoms with Crippen LogP contribution in [0.25, 0.3) is 0 Å². The number of piperidine rings is 1. The maximum atomic E-state index is 11.0. The number of carbonyl (C=O) groups excluding carboxylic acids is 1. The summed E-state index contributed by atoms with van der Waals surface area (Å²) in [6, 6.07) is 0. The molecule has 1 heterocycles. The molecule has 1 fully saturated rings. The molecule has 0 aliphatic carbocycles. The number of aliphatic hydroxyl groups excluding tert-OH is 2. The lowest BCUT2D eigenvalue weighted by Gasteiger charge is -2.36. The highest BCUT2D eigenvalue weighted by atomic mass is 16.4. The summed E-state index contributed by atoms with van der Waals surface area (Å²) >= 11 is 0. The van der Waals surface area contributed by atoms with Gasteiger partial charge in [0.05, 0.1) is 12.2 Å². The standard InChI is InChI=1S/C8H13NO5/c1-4(10)9-2-5(8(13)14)7(12)6(11)3-9/h5-7,11-12H,2-3H2,1H3,(H,13,14). The van der Waals surface area contributed by atoms with Crippen molar-refractivity contribution in [3.8, 4) is 0 Å². The minimum atomic E-state index is -1.30. The molecule has 80 valence electrons. The van der Waals surface area contributed by atoms with Crippen LogP contribution in [0.3, 0.4) is 0 Å². The number of hydrogen-bond donors (Lipinski definition) is 3. The van der Waals surface area contributed by atoms with Gasteiger partial charge in [-0.1, -0.05) is 0 Å². The van der Waals surface area contributed by atoms with E-state index in [9.17, 15) is 19.8 Å². The van der Waals surface area contributed by atoms with E-state index in [-0.39, 0.29) is 19.0 Å². The van der Waals surface area contributed by atoms with E-state index in [1.165, 1.54) is 11.8 Å². The molecule has 0 aromatic carbocycles. The third kappa shape index (κ3) is 2.02. The van der Waals surface area contributed by atoms with E-state index in [1.807, 2.05) is 0 Å². The minimum absolute atomic E-state index is 0.0136. The van der Waals surface area contributed by atoms with Gasteiger partial charge in [-0.2, -0.15) is 0 Å². The van der Waals surface area contributed by atoms with Crippen molar-refractivity contribution in [2.75, 3.05) is 13.1 Å². The number of carbonyl (C=O) groups is 2. The van der Waals surface area contributed by atoms with Crippen molar-refractivity contribution >= 4 is 11.9 Å². The highest BCUT2D eigenvalue weighted by molar-refractivity contribution is 5.76. The van der Waals surface area contributed by atoms with Gasteiger partial charge in [0.25, 0.3) is 0 Å².